The number of hydrogen-bond acceptors (Lipinski definition) is 8. The highest BCUT2D eigenvalue weighted by atomic mass is 35.5. The van der Waals surface area contributed by atoms with Gasteiger partial charge in [0.1, 0.15) is 11.5 Å². The van der Waals surface area contributed by atoms with E-state index in [1.54, 1.807) is 48.9 Å². The first kappa shape index (κ1) is 27.1. The molecule has 5 rings (SSSR count). The summed E-state index contributed by atoms with van der Waals surface area (Å²) in [7, 11) is -3.88. The zero-order chi connectivity index (χ0) is 27.4. The lowest BCUT2D eigenvalue weighted by Gasteiger charge is -2.26. The molecule has 0 bridgehead atoms. The van der Waals surface area contributed by atoms with Crippen LogP contribution >= 0.6 is 23.2 Å². The fourth-order valence-electron chi connectivity index (χ4n) is 4.31. The SMILES string of the molecule is NC1CCC(Nc2nccc(-c3cnccc3Oc3cc(Cl)c(NS(=O)(=O)c4ccccc4)c(Cl)c3)n2)CC1. The Kier molecular flexibility index (Phi) is 8.18. The molecule has 0 unspecified atom stereocenters. The van der Waals surface area contributed by atoms with E-state index in [1.165, 1.54) is 24.3 Å². The number of sulfonamides is 1. The van der Waals surface area contributed by atoms with Gasteiger partial charge in [0.15, 0.2) is 0 Å². The molecule has 12 heteroatoms. The first-order valence-electron chi connectivity index (χ1n) is 12.3. The summed E-state index contributed by atoms with van der Waals surface area (Å²) in [6, 6.07) is 14.9. The molecule has 0 spiro atoms. The summed E-state index contributed by atoms with van der Waals surface area (Å²) in [6.07, 6.45) is 8.79. The molecule has 0 aliphatic heterocycles. The second kappa shape index (κ2) is 11.7. The molecule has 202 valence electrons. The number of ether oxygens (including phenoxy) is 1. The van der Waals surface area contributed by atoms with Gasteiger partial charge in [-0.3, -0.25) is 9.71 Å². The molecule has 1 fully saturated rings. The number of aromatic nitrogens is 3. The quantitative estimate of drug-likeness (QED) is 0.225. The maximum Gasteiger partial charge on any atom is 0.261 e. The van der Waals surface area contributed by atoms with Crippen LogP contribution in [-0.2, 0) is 10.0 Å². The number of anilines is 2. The summed E-state index contributed by atoms with van der Waals surface area (Å²) < 4.78 is 34.1. The molecule has 1 aliphatic carbocycles. The second-order valence-corrected chi connectivity index (χ2v) is 11.7. The highest BCUT2D eigenvalue weighted by Gasteiger charge is 2.21. The van der Waals surface area contributed by atoms with Crippen LogP contribution in [0.2, 0.25) is 10.0 Å². The van der Waals surface area contributed by atoms with Gasteiger partial charge in [-0.15, -0.1) is 0 Å². The molecule has 1 saturated carbocycles. The fraction of sp³-hybridized carbons (Fsp3) is 0.222. The van der Waals surface area contributed by atoms with Gasteiger partial charge in [-0.2, -0.15) is 0 Å². The van der Waals surface area contributed by atoms with Crippen molar-refractivity contribution in [2.24, 2.45) is 5.73 Å². The number of halogens is 2. The number of pyridine rings is 1. The van der Waals surface area contributed by atoms with E-state index in [1.807, 2.05) is 0 Å². The van der Waals surface area contributed by atoms with Gasteiger partial charge in [-0.1, -0.05) is 41.4 Å². The van der Waals surface area contributed by atoms with Crippen molar-refractivity contribution in [3.63, 3.8) is 0 Å². The minimum absolute atomic E-state index is 0.0553. The van der Waals surface area contributed by atoms with E-state index < -0.39 is 10.0 Å². The van der Waals surface area contributed by atoms with Crippen molar-refractivity contribution in [1.82, 2.24) is 15.0 Å². The second-order valence-electron chi connectivity index (χ2n) is 9.18. The average molecular weight is 586 g/mol. The van der Waals surface area contributed by atoms with Crippen LogP contribution in [-0.4, -0.2) is 35.5 Å². The minimum atomic E-state index is -3.88. The van der Waals surface area contributed by atoms with Crippen LogP contribution in [0.3, 0.4) is 0 Å². The lowest BCUT2D eigenvalue weighted by Crippen LogP contribution is -2.33. The Morgan fingerprint density at radius 3 is 2.38 bits per heavy atom. The van der Waals surface area contributed by atoms with Crippen molar-refractivity contribution in [2.45, 2.75) is 42.7 Å². The van der Waals surface area contributed by atoms with Gasteiger partial charge in [0.25, 0.3) is 10.0 Å². The molecule has 39 heavy (non-hydrogen) atoms. The van der Waals surface area contributed by atoms with Gasteiger partial charge in [0.2, 0.25) is 5.95 Å². The predicted molar refractivity (Wildman–Crippen MR) is 153 cm³/mol. The van der Waals surface area contributed by atoms with Gasteiger partial charge >= 0.3 is 0 Å². The Bertz CT molecular complexity index is 1540. The van der Waals surface area contributed by atoms with Crippen LogP contribution in [0.1, 0.15) is 25.7 Å². The van der Waals surface area contributed by atoms with E-state index in [0.29, 0.717) is 28.7 Å². The third-order valence-electron chi connectivity index (χ3n) is 6.35. The summed E-state index contributed by atoms with van der Waals surface area (Å²) in [4.78, 5) is 13.4. The lowest BCUT2D eigenvalue weighted by atomic mass is 9.92. The van der Waals surface area contributed by atoms with Crippen molar-refractivity contribution >= 4 is 44.9 Å². The van der Waals surface area contributed by atoms with E-state index in [4.69, 9.17) is 33.7 Å². The maximum absolute atomic E-state index is 12.8. The topological polar surface area (TPSA) is 132 Å². The summed E-state index contributed by atoms with van der Waals surface area (Å²) in [5.74, 6) is 1.29. The number of nitrogens with one attached hydrogen (secondary N) is 2. The molecule has 0 radical (unpaired) electrons. The first-order chi connectivity index (χ1) is 18.8. The molecule has 9 nitrogen and oxygen atoms in total. The van der Waals surface area contributed by atoms with E-state index in [9.17, 15) is 8.42 Å². The Labute approximate surface area is 236 Å². The van der Waals surface area contributed by atoms with Crippen molar-refractivity contribution in [3.8, 4) is 22.8 Å². The van der Waals surface area contributed by atoms with E-state index in [0.717, 1.165) is 25.7 Å². The fourth-order valence-corrected chi connectivity index (χ4v) is 6.11. The lowest BCUT2D eigenvalue weighted by molar-refractivity contribution is 0.410. The molecule has 2 aromatic carbocycles. The van der Waals surface area contributed by atoms with Gasteiger partial charge in [0.05, 0.1) is 31.9 Å². The van der Waals surface area contributed by atoms with Crippen LogP contribution in [0.25, 0.3) is 11.3 Å². The highest BCUT2D eigenvalue weighted by molar-refractivity contribution is 7.92. The van der Waals surface area contributed by atoms with E-state index in [2.05, 4.69) is 25.0 Å². The summed E-state index contributed by atoms with van der Waals surface area (Å²) in [5, 5.41) is 3.56. The minimum Gasteiger partial charge on any atom is -0.456 e. The van der Waals surface area contributed by atoms with Crippen molar-refractivity contribution < 1.29 is 13.2 Å². The molecule has 2 heterocycles. The average Bonchev–Trinajstić information content (AvgIpc) is 2.93. The number of nitrogens with two attached hydrogens (primary N) is 1. The molecule has 1 aliphatic rings. The Morgan fingerprint density at radius 1 is 0.949 bits per heavy atom. The molecular weight excluding hydrogens is 559 g/mol. The highest BCUT2D eigenvalue weighted by Crippen LogP contribution is 2.39. The Balaban J connectivity index is 1.36. The number of rotatable bonds is 8. The molecule has 0 saturated heterocycles. The van der Waals surface area contributed by atoms with Gasteiger partial charge < -0.3 is 15.8 Å². The zero-order valence-corrected chi connectivity index (χ0v) is 23.0. The van der Waals surface area contributed by atoms with E-state index >= 15 is 0 Å². The normalized spacial score (nSPS) is 17.4. The molecule has 2 aromatic heterocycles. The molecule has 0 amide bonds. The smallest absolute Gasteiger partial charge is 0.261 e. The summed E-state index contributed by atoms with van der Waals surface area (Å²) >= 11 is 12.9. The maximum atomic E-state index is 12.8. The molecular formula is C27H26Cl2N6O3S. The van der Waals surface area contributed by atoms with Crippen LogP contribution in [0.5, 0.6) is 11.5 Å². The Hall–Kier alpha value is -3.44. The molecule has 0 atom stereocenters. The van der Waals surface area contributed by atoms with Crippen LogP contribution in [0.15, 0.2) is 78.1 Å². The predicted octanol–water partition coefficient (Wildman–Crippen LogP) is 6.12. The summed E-state index contributed by atoms with van der Waals surface area (Å²) in [6.45, 7) is 0. The first-order valence-corrected chi connectivity index (χ1v) is 14.6. The van der Waals surface area contributed by atoms with Gasteiger partial charge in [-0.05, 0) is 49.9 Å². The van der Waals surface area contributed by atoms with Crippen LogP contribution in [0, 0.1) is 0 Å². The number of hydrogen-bond donors (Lipinski definition) is 3. The van der Waals surface area contributed by atoms with E-state index in [-0.39, 0.29) is 32.7 Å². The third-order valence-corrected chi connectivity index (χ3v) is 8.31. The van der Waals surface area contributed by atoms with Gasteiger partial charge in [-0.25, -0.2) is 18.4 Å². The molecule has 4 N–H and O–H groups in total. The van der Waals surface area contributed by atoms with Crippen LogP contribution in [0.4, 0.5) is 11.6 Å². The van der Waals surface area contributed by atoms with Crippen LogP contribution < -0.4 is 20.5 Å². The molecule has 4 aromatic rings. The zero-order valence-electron chi connectivity index (χ0n) is 20.7. The van der Waals surface area contributed by atoms with Crippen molar-refractivity contribution in [3.05, 3.63) is 83.2 Å². The van der Waals surface area contributed by atoms with Crippen molar-refractivity contribution in [1.29, 1.82) is 0 Å². The van der Waals surface area contributed by atoms with Gasteiger partial charge in [0, 0.05) is 42.8 Å². The standard InChI is InChI=1S/C27H26Cl2N6O3S/c28-22-14-19(15-23(29)26(22)35-39(36,37)20-4-2-1-3-5-20)38-25-11-12-31-16-21(25)24-10-13-32-27(34-24)33-18-8-6-17(30)7-9-18/h1-5,10-18,35H,6-9,30H2,(H,32,33,34). The summed E-state index contributed by atoms with van der Waals surface area (Å²) in [5.41, 5.74) is 7.33. The Morgan fingerprint density at radius 2 is 1.67 bits per heavy atom. The van der Waals surface area contributed by atoms with Crippen molar-refractivity contribution in [2.75, 3.05) is 10.0 Å². The monoisotopic (exact) mass is 584 g/mol. The number of nitrogens with zero attached hydrogens (tertiary/aromatic N) is 3. The largest absolute Gasteiger partial charge is 0.456 e. The third kappa shape index (κ3) is 6.59. The number of benzene rings is 2.